The van der Waals surface area contributed by atoms with Crippen LogP contribution in [-0.4, -0.2) is 19.4 Å². The summed E-state index contributed by atoms with van der Waals surface area (Å²) in [4.78, 5) is 9.88. The molecule has 8 nitrogen and oxygen atoms in total. The number of nitrogens with two attached hydrogens (primary N) is 1. The maximum atomic E-state index is 12.3. The monoisotopic (exact) mass is 300 g/mol. The molecule has 0 aliphatic heterocycles. The number of rotatable bonds is 5. The fraction of sp³-hybridized carbons (Fsp3) is 0.455. The van der Waals surface area contributed by atoms with Crippen LogP contribution < -0.4 is 16.0 Å². The minimum atomic E-state index is -3.86. The van der Waals surface area contributed by atoms with Crippen molar-refractivity contribution in [3.63, 3.8) is 0 Å². The zero-order chi connectivity index (χ0) is 15.1. The molecule has 4 N–H and O–H groups in total. The molecule has 1 saturated carbocycles. The first-order chi connectivity index (χ1) is 9.17. The highest BCUT2D eigenvalue weighted by Crippen LogP contribution is 2.45. The Kier molecular flexibility index (Phi) is 3.44. The lowest BCUT2D eigenvalue weighted by Gasteiger charge is -2.11. The Morgan fingerprint density at radius 3 is 2.50 bits per heavy atom. The van der Waals surface area contributed by atoms with Crippen LogP contribution in [0.1, 0.15) is 20.3 Å². The van der Waals surface area contributed by atoms with Gasteiger partial charge in [0, 0.05) is 18.2 Å². The molecule has 0 heterocycles. The first-order valence-corrected chi connectivity index (χ1v) is 7.43. The molecule has 0 saturated heterocycles. The Hall–Kier alpha value is -1.71. The maximum absolute atomic E-state index is 12.3. The molecule has 2 rings (SSSR count). The molecule has 1 fully saturated rings. The molecule has 1 aliphatic carbocycles. The van der Waals surface area contributed by atoms with Gasteiger partial charge in [-0.2, -0.15) is 0 Å². The fourth-order valence-electron chi connectivity index (χ4n) is 1.89. The lowest BCUT2D eigenvalue weighted by atomic mass is 10.2. The first-order valence-electron chi connectivity index (χ1n) is 5.95. The highest BCUT2D eigenvalue weighted by Gasteiger charge is 2.48. The molecule has 1 aromatic carbocycles. The summed E-state index contributed by atoms with van der Waals surface area (Å²) in [6, 6.07) is 3.28. The van der Waals surface area contributed by atoms with Gasteiger partial charge in [0.2, 0.25) is 10.0 Å². The molecule has 0 radical (unpaired) electrons. The van der Waals surface area contributed by atoms with E-state index in [2.05, 4.69) is 10.1 Å². The predicted molar refractivity (Wildman–Crippen MR) is 73.4 cm³/mol. The number of hydrogen-bond acceptors (Lipinski definition) is 6. The normalized spacial score (nSPS) is 20.4. The molecular weight excluding hydrogens is 284 g/mol. The van der Waals surface area contributed by atoms with Crippen LogP contribution in [0.25, 0.3) is 0 Å². The summed E-state index contributed by atoms with van der Waals surface area (Å²) in [5, 5.41) is 10.8. The molecule has 1 unspecified atom stereocenters. The van der Waals surface area contributed by atoms with Crippen LogP contribution in [0.2, 0.25) is 0 Å². The van der Waals surface area contributed by atoms with Gasteiger partial charge in [0.05, 0.1) is 10.6 Å². The van der Waals surface area contributed by atoms with Crippen LogP contribution in [0.5, 0.6) is 0 Å². The Balaban J connectivity index is 2.39. The number of benzene rings is 1. The topological polar surface area (TPSA) is 127 Å². The summed E-state index contributed by atoms with van der Waals surface area (Å²) in [6.07, 6.45) is 0.729. The number of non-ortho nitro benzene ring substituents is 1. The van der Waals surface area contributed by atoms with Gasteiger partial charge in [-0.15, -0.1) is 0 Å². The van der Waals surface area contributed by atoms with Crippen LogP contribution in [0, 0.1) is 15.5 Å². The van der Waals surface area contributed by atoms with Gasteiger partial charge < -0.3 is 5.43 Å². The van der Waals surface area contributed by atoms with Crippen LogP contribution in [0.15, 0.2) is 23.1 Å². The van der Waals surface area contributed by atoms with Gasteiger partial charge in [-0.25, -0.2) is 13.1 Å². The largest absolute Gasteiger partial charge is 0.323 e. The summed E-state index contributed by atoms with van der Waals surface area (Å²) in [5.41, 5.74) is 1.95. The van der Waals surface area contributed by atoms with Gasteiger partial charge in [-0.05, 0) is 17.9 Å². The molecule has 1 atom stereocenters. The van der Waals surface area contributed by atoms with Crippen molar-refractivity contribution in [2.24, 2.45) is 11.3 Å². The number of nitrogens with zero attached hydrogens (tertiary/aromatic N) is 1. The first kappa shape index (κ1) is 14.7. The second-order valence-electron chi connectivity index (χ2n) is 5.45. The second kappa shape index (κ2) is 4.69. The molecule has 0 bridgehead atoms. The number of nitrogens with one attached hydrogen (secondary N) is 2. The highest BCUT2D eigenvalue weighted by molar-refractivity contribution is 7.89. The maximum Gasteiger partial charge on any atom is 0.270 e. The number of sulfonamides is 1. The lowest BCUT2D eigenvalue weighted by molar-refractivity contribution is -0.385. The molecule has 0 aromatic heterocycles. The number of nitro benzene ring substituents is 1. The van der Waals surface area contributed by atoms with E-state index in [4.69, 9.17) is 5.84 Å². The van der Waals surface area contributed by atoms with Crippen molar-refractivity contribution < 1.29 is 13.3 Å². The summed E-state index contributed by atoms with van der Waals surface area (Å²) in [5.74, 6) is 5.26. The zero-order valence-electron chi connectivity index (χ0n) is 11.1. The Labute approximate surface area is 116 Å². The summed E-state index contributed by atoms with van der Waals surface area (Å²) in [7, 11) is -3.86. The smallest absolute Gasteiger partial charge is 0.270 e. The molecule has 110 valence electrons. The Morgan fingerprint density at radius 1 is 1.45 bits per heavy atom. The number of nitro groups is 1. The summed E-state index contributed by atoms with van der Waals surface area (Å²) < 4.78 is 27.1. The van der Waals surface area contributed by atoms with Gasteiger partial charge in [-0.1, -0.05) is 13.8 Å². The van der Waals surface area contributed by atoms with Crippen molar-refractivity contribution >= 4 is 21.4 Å². The third kappa shape index (κ3) is 2.74. The van der Waals surface area contributed by atoms with E-state index >= 15 is 0 Å². The number of hydrogen-bond donors (Lipinski definition) is 3. The molecule has 1 aromatic rings. The summed E-state index contributed by atoms with van der Waals surface area (Å²) in [6.45, 7) is 3.88. The zero-order valence-corrected chi connectivity index (χ0v) is 11.9. The fourth-order valence-corrected chi connectivity index (χ4v) is 3.48. The molecule has 0 spiro atoms. The quantitative estimate of drug-likeness (QED) is 0.422. The standard InChI is InChI=1S/C11H16N4O4S/c1-11(2)6-10(11)14-20(18,19)9-5-7(15(16)17)3-4-8(9)13-12/h3-5,10,13-14H,6,12H2,1-2H3. The van der Waals surface area contributed by atoms with E-state index in [1.807, 2.05) is 13.8 Å². The van der Waals surface area contributed by atoms with Gasteiger partial charge in [-0.3, -0.25) is 16.0 Å². The number of nitrogen functional groups attached to an aromatic ring is 1. The lowest BCUT2D eigenvalue weighted by Crippen LogP contribution is -2.29. The van der Waals surface area contributed by atoms with Gasteiger partial charge in [0.1, 0.15) is 4.90 Å². The minimum absolute atomic E-state index is 0.0932. The van der Waals surface area contributed by atoms with Gasteiger partial charge in [0.15, 0.2) is 0 Å². The molecule has 20 heavy (non-hydrogen) atoms. The van der Waals surface area contributed by atoms with Gasteiger partial charge >= 0.3 is 0 Å². The Morgan fingerprint density at radius 2 is 2.05 bits per heavy atom. The molecule has 0 amide bonds. The van der Waals surface area contributed by atoms with E-state index in [1.165, 1.54) is 12.1 Å². The van der Waals surface area contributed by atoms with E-state index in [1.54, 1.807) is 0 Å². The van der Waals surface area contributed by atoms with Crippen LogP contribution >= 0.6 is 0 Å². The second-order valence-corrected chi connectivity index (χ2v) is 7.13. The predicted octanol–water partition coefficient (Wildman–Crippen LogP) is 0.957. The summed E-state index contributed by atoms with van der Waals surface area (Å²) >= 11 is 0. The van der Waals surface area contributed by atoms with Crippen molar-refractivity contribution in [2.75, 3.05) is 5.43 Å². The van der Waals surface area contributed by atoms with E-state index < -0.39 is 14.9 Å². The average molecular weight is 300 g/mol. The van der Waals surface area contributed by atoms with Gasteiger partial charge in [0.25, 0.3) is 5.69 Å². The minimum Gasteiger partial charge on any atom is -0.323 e. The van der Waals surface area contributed by atoms with Crippen molar-refractivity contribution in [2.45, 2.75) is 31.2 Å². The van der Waals surface area contributed by atoms with E-state index in [9.17, 15) is 18.5 Å². The Bertz CT molecular complexity index is 656. The van der Waals surface area contributed by atoms with Crippen molar-refractivity contribution in [3.05, 3.63) is 28.3 Å². The molecule has 1 aliphatic rings. The average Bonchev–Trinajstić information content (AvgIpc) is 2.94. The third-order valence-electron chi connectivity index (χ3n) is 3.43. The molecule has 9 heteroatoms. The van der Waals surface area contributed by atoms with Crippen LogP contribution in [-0.2, 0) is 10.0 Å². The SMILES string of the molecule is CC1(C)CC1NS(=O)(=O)c1cc([N+](=O)[O-])ccc1NN. The van der Waals surface area contributed by atoms with E-state index in [0.29, 0.717) is 0 Å². The van der Waals surface area contributed by atoms with Crippen molar-refractivity contribution in [1.82, 2.24) is 4.72 Å². The highest BCUT2D eigenvalue weighted by atomic mass is 32.2. The third-order valence-corrected chi connectivity index (χ3v) is 4.94. The van der Waals surface area contributed by atoms with E-state index in [-0.39, 0.29) is 27.7 Å². The van der Waals surface area contributed by atoms with Crippen molar-refractivity contribution in [1.29, 1.82) is 0 Å². The van der Waals surface area contributed by atoms with Crippen molar-refractivity contribution in [3.8, 4) is 0 Å². The number of anilines is 1. The number of hydrazine groups is 1. The van der Waals surface area contributed by atoms with Crippen LogP contribution in [0.4, 0.5) is 11.4 Å². The molecular formula is C11H16N4O4S. The van der Waals surface area contributed by atoms with Crippen LogP contribution in [0.3, 0.4) is 0 Å². The van der Waals surface area contributed by atoms with E-state index in [0.717, 1.165) is 12.5 Å².